The van der Waals surface area contributed by atoms with Gasteiger partial charge >= 0.3 is 11.9 Å². The summed E-state index contributed by atoms with van der Waals surface area (Å²) in [6, 6.07) is 0. The molecule has 304 valence electrons. The molecule has 3 aliphatic rings. The molecule has 1 saturated heterocycles. The lowest BCUT2D eigenvalue weighted by molar-refractivity contribution is -0.143. The standard InChI is InChI=1S/C47H60N4O6/c1-10-14-25(4)15-13-16-26(5)19-20-57-40(53)18-17-32-28(7)35-21-34-27(6)30(11-2)37(48-34)23-39-33(24-52)31(12-3)38(49-39)22-36-29(8)41-45(51-36)42(44(32)50-35)43(46(41)54)47(55)56-9/h19,21-25,28,32,43,48-51H,10-18,20H2,1-9H3/b26-19+,35-21-,38-22-,39-23-,44-42-/t25-,28+,32+,43-/m1/s1. The highest BCUT2D eigenvalue weighted by molar-refractivity contribution is 6.24. The Hall–Kier alpha value is -5.12. The number of nitrogens with one attached hydrogen (secondary N) is 4. The number of rotatable bonds is 15. The van der Waals surface area contributed by atoms with E-state index in [9.17, 15) is 19.2 Å². The molecular weight excluding hydrogens is 717 g/mol. The fraction of sp³-hybridized carbons (Fsp3) is 0.489. The smallest absolute Gasteiger partial charge is 0.321 e. The van der Waals surface area contributed by atoms with Crippen molar-refractivity contribution >= 4 is 47.8 Å². The maximum atomic E-state index is 14.3. The Morgan fingerprint density at radius 3 is 2.32 bits per heavy atom. The van der Waals surface area contributed by atoms with Crippen LogP contribution < -0.4 is 16.0 Å². The number of Topliss-reactive ketones (excluding diaryl/α,β-unsaturated/α-hetero) is 1. The minimum absolute atomic E-state index is 0.104. The average molecular weight is 777 g/mol. The third-order valence-electron chi connectivity index (χ3n) is 12.6. The number of carbonyl (C=O) groups is 4. The summed E-state index contributed by atoms with van der Waals surface area (Å²) in [4.78, 5) is 64.4. The molecule has 1 aliphatic carbocycles. The Morgan fingerprint density at radius 2 is 1.63 bits per heavy atom. The zero-order chi connectivity index (χ0) is 41.1. The summed E-state index contributed by atoms with van der Waals surface area (Å²) in [5.74, 6) is -2.04. The summed E-state index contributed by atoms with van der Waals surface area (Å²) in [7, 11) is 1.30. The van der Waals surface area contributed by atoms with Crippen LogP contribution in [0.25, 0.3) is 23.8 Å². The first-order valence-electron chi connectivity index (χ1n) is 20.9. The van der Waals surface area contributed by atoms with Crippen LogP contribution in [0.5, 0.6) is 0 Å². The van der Waals surface area contributed by atoms with E-state index in [4.69, 9.17) is 9.47 Å². The number of aromatic amines is 3. The van der Waals surface area contributed by atoms with Gasteiger partial charge in [-0.25, -0.2) is 0 Å². The number of aldehydes is 1. The Morgan fingerprint density at radius 1 is 0.912 bits per heavy atom. The Balaban J connectivity index is 1.43. The van der Waals surface area contributed by atoms with Gasteiger partial charge in [0.1, 0.15) is 12.5 Å². The van der Waals surface area contributed by atoms with E-state index in [1.807, 2.05) is 32.1 Å². The Labute approximate surface area is 336 Å². The van der Waals surface area contributed by atoms with E-state index in [0.29, 0.717) is 51.8 Å². The van der Waals surface area contributed by atoms with Crippen LogP contribution in [0.2, 0.25) is 0 Å². The minimum atomic E-state index is -1.17. The predicted octanol–water partition coefficient (Wildman–Crippen LogP) is 7.67. The molecule has 0 aromatic carbocycles. The van der Waals surface area contributed by atoms with Crippen molar-refractivity contribution in [1.29, 1.82) is 0 Å². The summed E-state index contributed by atoms with van der Waals surface area (Å²) < 4.78 is 11.0. The number of hydrogen-bond acceptors (Lipinski definition) is 7. The molecule has 8 bridgehead atoms. The zero-order valence-electron chi connectivity index (χ0n) is 35.2. The number of methoxy groups -OCH3 is 1. The van der Waals surface area contributed by atoms with Crippen LogP contribution in [0.1, 0.15) is 152 Å². The number of carbonyl (C=O) groups excluding carboxylic acids is 4. The largest absolute Gasteiger partial charge is 0.468 e. The fourth-order valence-electron chi connectivity index (χ4n) is 9.26. The molecule has 0 radical (unpaired) electrons. The lowest BCUT2D eigenvalue weighted by Gasteiger charge is -2.19. The second kappa shape index (κ2) is 17.6. The first-order valence-corrected chi connectivity index (χ1v) is 20.9. The number of esters is 2. The van der Waals surface area contributed by atoms with E-state index in [0.717, 1.165) is 76.3 Å². The number of aromatic nitrogens is 3. The molecule has 10 heteroatoms. The topological polar surface area (TPSA) is 146 Å². The molecule has 6 rings (SSSR count). The molecule has 57 heavy (non-hydrogen) atoms. The fourth-order valence-corrected chi connectivity index (χ4v) is 9.26. The predicted molar refractivity (Wildman–Crippen MR) is 225 cm³/mol. The van der Waals surface area contributed by atoms with Crippen LogP contribution in [0.15, 0.2) is 23.0 Å². The molecule has 10 nitrogen and oxygen atoms in total. The van der Waals surface area contributed by atoms with E-state index >= 15 is 0 Å². The van der Waals surface area contributed by atoms with Gasteiger partial charge < -0.3 is 29.7 Å². The van der Waals surface area contributed by atoms with E-state index in [1.165, 1.54) is 31.9 Å². The quantitative estimate of drug-likeness (QED) is 0.0537. The molecule has 1 fully saturated rings. The number of H-pyrrole nitrogens is 3. The molecule has 0 unspecified atom stereocenters. The van der Waals surface area contributed by atoms with Crippen molar-refractivity contribution in [1.82, 2.24) is 20.3 Å². The summed E-state index contributed by atoms with van der Waals surface area (Å²) in [5.41, 5.74) is 11.3. The van der Waals surface area contributed by atoms with Crippen molar-refractivity contribution < 1.29 is 28.7 Å². The zero-order valence-corrected chi connectivity index (χ0v) is 35.2. The van der Waals surface area contributed by atoms with Gasteiger partial charge in [0.2, 0.25) is 0 Å². The second-order valence-corrected chi connectivity index (χ2v) is 16.3. The number of ketones is 1. The molecule has 0 saturated carbocycles. The van der Waals surface area contributed by atoms with E-state index in [1.54, 1.807) is 0 Å². The first kappa shape index (κ1) is 41.5. The number of ether oxygens (including phenoxy) is 2. The maximum absolute atomic E-state index is 14.3. The maximum Gasteiger partial charge on any atom is 0.321 e. The first-order chi connectivity index (χ1) is 27.4. The van der Waals surface area contributed by atoms with Crippen molar-refractivity contribution in [2.45, 2.75) is 113 Å². The van der Waals surface area contributed by atoms with Crippen molar-refractivity contribution in [3.05, 3.63) is 89.9 Å². The Kier molecular flexibility index (Phi) is 12.8. The molecule has 4 N–H and O–H groups in total. The van der Waals surface area contributed by atoms with E-state index < -0.39 is 11.9 Å². The van der Waals surface area contributed by atoms with Crippen LogP contribution >= 0.6 is 0 Å². The van der Waals surface area contributed by atoms with Crippen LogP contribution in [0, 0.1) is 37.5 Å². The average Bonchev–Trinajstić information content (AvgIpc) is 3.94. The van der Waals surface area contributed by atoms with Gasteiger partial charge in [-0.05, 0) is 105 Å². The van der Waals surface area contributed by atoms with Gasteiger partial charge in [-0.1, -0.05) is 59.5 Å². The molecule has 5 heterocycles. The van der Waals surface area contributed by atoms with Crippen LogP contribution in [0.3, 0.4) is 0 Å². The summed E-state index contributed by atoms with van der Waals surface area (Å²) in [6.45, 7) is 17.1. The van der Waals surface area contributed by atoms with Gasteiger partial charge in [-0.2, -0.15) is 0 Å². The summed E-state index contributed by atoms with van der Waals surface area (Å²) >= 11 is 0. The second-order valence-electron chi connectivity index (χ2n) is 16.3. The van der Waals surface area contributed by atoms with Crippen molar-refractivity contribution in [3.8, 4) is 0 Å². The lowest BCUT2D eigenvalue weighted by atomic mass is 9.85. The molecule has 0 amide bonds. The molecule has 2 aliphatic heterocycles. The molecule has 3 aromatic rings. The van der Waals surface area contributed by atoms with Gasteiger partial charge in [-0.15, -0.1) is 0 Å². The number of fused-ring (bicyclic) bond motifs is 7. The highest BCUT2D eigenvalue weighted by atomic mass is 16.5. The molecule has 4 atom stereocenters. The number of allylic oxidation sites excluding steroid dienone is 3. The summed E-state index contributed by atoms with van der Waals surface area (Å²) in [6.07, 6.45) is 16.8. The van der Waals surface area contributed by atoms with Gasteiger partial charge in [-0.3, -0.25) is 19.2 Å². The van der Waals surface area contributed by atoms with Crippen molar-refractivity contribution in [3.63, 3.8) is 0 Å². The van der Waals surface area contributed by atoms with E-state index in [-0.39, 0.29) is 36.6 Å². The minimum Gasteiger partial charge on any atom is -0.468 e. The van der Waals surface area contributed by atoms with E-state index in [2.05, 4.69) is 67.9 Å². The van der Waals surface area contributed by atoms with Crippen molar-refractivity contribution in [2.75, 3.05) is 13.7 Å². The lowest BCUT2D eigenvalue weighted by Crippen LogP contribution is -2.25. The van der Waals surface area contributed by atoms with Crippen LogP contribution in [-0.2, 0) is 31.9 Å². The van der Waals surface area contributed by atoms with Gasteiger partial charge in [0.25, 0.3) is 0 Å². The Bertz CT molecular complexity index is 2290. The highest BCUT2D eigenvalue weighted by Crippen LogP contribution is 2.48. The molecular formula is C47H60N4O6. The SMILES string of the molecule is CCC[C@@H](C)CCC/C(C)=C/COC(=O)CC[C@@H]1/C2=C3/c4[nH]c(c(C)c4C(=O)[C@@H]3C(=O)OC)/C=c3\[nH]/c(c(C=O)c3CC)=C\c3[nH]c(c(C)c3CC)/C=C(\N2)[C@H]1C. The van der Waals surface area contributed by atoms with Gasteiger partial charge in [0.05, 0.1) is 18.2 Å². The third-order valence-corrected chi connectivity index (χ3v) is 12.6. The third kappa shape index (κ3) is 8.05. The molecule has 0 spiro atoms. The number of hydrogen-bond donors (Lipinski definition) is 4. The monoisotopic (exact) mass is 776 g/mol. The normalized spacial score (nSPS) is 22.5. The highest BCUT2D eigenvalue weighted by Gasteiger charge is 2.48. The van der Waals surface area contributed by atoms with Crippen molar-refractivity contribution in [2.24, 2.45) is 23.7 Å². The van der Waals surface area contributed by atoms with Crippen LogP contribution in [0.4, 0.5) is 0 Å². The summed E-state index contributed by atoms with van der Waals surface area (Å²) in [5, 5.41) is 5.16. The molecule has 3 aromatic heterocycles. The van der Waals surface area contributed by atoms with Gasteiger partial charge in [0.15, 0.2) is 12.1 Å². The van der Waals surface area contributed by atoms with Crippen LogP contribution in [-0.4, -0.2) is 52.7 Å². The van der Waals surface area contributed by atoms with Gasteiger partial charge in [0, 0.05) is 68.8 Å².